The van der Waals surface area contributed by atoms with E-state index in [2.05, 4.69) is 9.72 Å². The molecule has 2 aromatic carbocycles. The molecule has 1 aliphatic carbocycles. The number of Topliss-reactive ketones (excluding diaryl/α,β-unsaturated/α-hetero) is 1. The van der Waals surface area contributed by atoms with Crippen LogP contribution < -0.4 is 9.47 Å². The Morgan fingerprint density at radius 2 is 1.81 bits per heavy atom. The van der Waals surface area contributed by atoms with Crippen molar-refractivity contribution in [2.24, 2.45) is 5.92 Å². The molecule has 11 heteroatoms. The number of halogens is 4. The Morgan fingerprint density at radius 3 is 2.42 bits per heavy atom. The predicted octanol–water partition coefficient (Wildman–Crippen LogP) is 4.42. The fourth-order valence-corrected chi connectivity index (χ4v) is 5.35. The lowest BCUT2D eigenvalue weighted by Gasteiger charge is -2.64. The van der Waals surface area contributed by atoms with E-state index < -0.39 is 46.9 Å². The van der Waals surface area contributed by atoms with Crippen LogP contribution in [0.1, 0.15) is 27.5 Å². The maximum Gasteiger partial charge on any atom is 0.573 e. The molecule has 5 rings (SSSR count). The van der Waals surface area contributed by atoms with Crippen LogP contribution in [-0.4, -0.2) is 40.9 Å². The van der Waals surface area contributed by atoms with Gasteiger partial charge in [-0.2, -0.15) is 0 Å². The van der Waals surface area contributed by atoms with Crippen molar-refractivity contribution in [3.8, 4) is 11.5 Å². The van der Waals surface area contributed by atoms with Crippen molar-refractivity contribution in [1.82, 2.24) is 4.98 Å². The molecule has 2 aliphatic rings. The van der Waals surface area contributed by atoms with E-state index in [0.717, 1.165) is 19.2 Å². The first-order valence-corrected chi connectivity index (χ1v) is 11.0. The van der Waals surface area contributed by atoms with E-state index in [1.54, 1.807) is 30.3 Å². The molecule has 4 unspecified atom stereocenters. The van der Waals surface area contributed by atoms with Crippen molar-refractivity contribution in [2.45, 2.75) is 23.5 Å². The maximum absolute atomic E-state index is 13.7. The summed E-state index contributed by atoms with van der Waals surface area (Å²) in [6.07, 6.45) is -3.72. The second kappa shape index (κ2) is 8.21. The molecule has 0 saturated heterocycles. The number of benzene rings is 2. The fourth-order valence-electron chi connectivity index (χ4n) is 5.21. The van der Waals surface area contributed by atoms with Gasteiger partial charge in [-0.05, 0) is 23.3 Å². The summed E-state index contributed by atoms with van der Waals surface area (Å²) in [5.41, 5.74) is -4.01. The lowest BCUT2D eigenvalue weighted by atomic mass is 9.44. The van der Waals surface area contributed by atoms with Gasteiger partial charge in [0.2, 0.25) is 5.78 Å². The van der Waals surface area contributed by atoms with Gasteiger partial charge in [-0.3, -0.25) is 9.59 Å². The second-order valence-electron chi connectivity index (χ2n) is 8.39. The van der Waals surface area contributed by atoms with Gasteiger partial charge < -0.3 is 19.3 Å². The Balaban J connectivity index is 1.76. The van der Waals surface area contributed by atoms with E-state index in [1.807, 2.05) is 0 Å². The van der Waals surface area contributed by atoms with Gasteiger partial charge in [-0.15, -0.1) is 13.2 Å². The number of aromatic nitrogens is 1. The third-order valence-electron chi connectivity index (χ3n) is 6.57. The van der Waals surface area contributed by atoms with Gasteiger partial charge >= 0.3 is 12.3 Å². The number of nitrogens with zero attached hydrogens (tertiary/aromatic N) is 1. The smallest absolute Gasteiger partial charge is 0.476 e. The number of methoxy groups -OCH3 is 1. The van der Waals surface area contributed by atoms with Gasteiger partial charge in [0.1, 0.15) is 11.7 Å². The van der Waals surface area contributed by atoms with Crippen molar-refractivity contribution >= 4 is 23.4 Å². The standard InChI is InChI=1S/C25H17ClF3NO6/c1-34-22(32)19-18(13-5-3-2-4-6-13)24(14-7-9-16(10-8-14)35-25(27,28)29)23(19,33)21(31)20-17(36-24)11-15(26)12-30-20/h2-12,18-19,33H,1H3. The molecule has 0 bridgehead atoms. The molecule has 0 amide bonds. The summed E-state index contributed by atoms with van der Waals surface area (Å²) in [7, 11) is 1.12. The zero-order chi connectivity index (χ0) is 25.9. The third kappa shape index (κ3) is 3.35. The first kappa shape index (κ1) is 24.1. The average Bonchev–Trinajstić information content (AvgIpc) is 2.84. The van der Waals surface area contributed by atoms with E-state index in [-0.39, 0.29) is 22.0 Å². The molecule has 7 nitrogen and oxygen atoms in total. The highest BCUT2D eigenvalue weighted by molar-refractivity contribution is 6.30. The van der Waals surface area contributed by atoms with Gasteiger partial charge in [0.15, 0.2) is 22.6 Å². The minimum atomic E-state index is -4.92. The number of hydrogen-bond acceptors (Lipinski definition) is 7. The molecule has 1 N–H and O–H groups in total. The van der Waals surface area contributed by atoms with Crippen molar-refractivity contribution in [3.05, 3.63) is 88.7 Å². The Hall–Kier alpha value is -3.63. The number of ketones is 1. The van der Waals surface area contributed by atoms with Gasteiger partial charge in [-0.1, -0.05) is 54.1 Å². The molecule has 1 fully saturated rings. The van der Waals surface area contributed by atoms with Crippen LogP contribution in [0, 0.1) is 5.92 Å². The maximum atomic E-state index is 13.7. The molecule has 0 spiro atoms. The number of fused-ring (bicyclic) bond motifs is 2. The number of hydrogen-bond donors (Lipinski definition) is 1. The number of pyridine rings is 1. The summed E-state index contributed by atoms with van der Waals surface area (Å²) >= 11 is 6.08. The molecule has 186 valence electrons. The fraction of sp³-hybridized carbons (Fsp3) is 0.240. The summed E-state index contributed by atoms with van der Waals surface area (Å²) < 4.78 is 53.4. The van der Waals surface area contributed by atoms with E-state index >= 15 is 0 Å². The Morgan fingerprint density at radius 1 is 1.14 bits per heavy atom. The number of carbonyl (C=O) groups excluding carboxylic acids is 2. The highest BCUT2D eigenvalue weighted by Gasteiger charge is 2.82. The molecular weight excluding hydrogens is 503 g/mol. The molecule has 3 aromatic rings. The summed E-state index contributed by atoms with van der Waals surface area (Å²) in [6, 6.07) is 14.4. The molecule has 36 heavy (non-hydrogen) atoms. The molecule has 2 heterocycles. The minimum Gasteiger partial charge on any atom is -0.476 e. The first-order chi connectivity index (χ1) is 17.0. The molecule has 1 aromatic heterocycles. The van der Waals surface area contributed by atoms with E-state index in [9.17, 15) is 27.9 Å². The lowest BCUT2D eigenvalue weighted by Crippen LogP contribution is -2.80. The summed E-state index contributed by atoms with van der Waals surface area (Å²) in [4.78, 5) is 30.7. The lowest BCUT2D eigenvalue weighted by molar-refractivity contribution is -0.274. The normalized spacial score (nSPS) is 26.7. The average molecular weight is 520 g/mol. The molecule has 4 atom stereocenters. The highest BCUT2D eigenvalue weighted by Crippen LogP contribution is 2.68. The van der Waals surface area contributed by atoms with Crippen molar-refractivity contribution in [2.75, 3.05) is 7.11 Å². The summed E-state index contributed by atoms with van der Waals surface area (Å²) in [6.45, 7) is 0. The second-order valence-corrected chi connectivity index (χ2v) is 8.83. The molecule has 1 saturated carbocycles. The molecule has 1 aliphatic heterocycles. The van der Waals surface area contributed by atoms with Crippen LogP contribution in [0.5, 0.6) is 11.5 Å². The number of ether oxygens (including phenoxy) is 3. The summed E-state index contributed by atoms with van der Waals surface area (Å²) in [5, 5.41) is 12.2. The van der Waals surface area contributed by atoms with Gasteiger partial charge in [-0.25, -0.2) is 4.98 Å². The van der Waals surface area contributed by atoms with Crippen LogP contribution in [0.25, 0.3) is 0 Å². The van der Waals surface area contributed by atoms with E-state index in [4.69, 9.17) is 21.1 Å². The quantitative estimate of drug-likeness (QED) is 0.510. The van der Waals surface area contributed by atoms with Gasteiger partial charge in [0.25, 0.3) is 0 Å². The first-order valence-electron chi connectivity index (χ1n) is 10.6. The number of rotatable bonds is 4. The predicted molar refractivity (Wildman–Crippen MR) is 119 cm³/mol. The van der Waals surface area contributed by atoms with E-state index in [0.29, 0.717) is 5.56 Å². The number of alkyl halides is 3. The van der Waals surface area contributed by atoms with Crippen molar-refractivity contribution < 1.29 is 42.1 Å². The zero-order valence-electron chi connectivity index (χ0n) is 18.5. The Kier molecular flexibility index (Phi) is 5.49. The van der Waals surface area contributed by atoms with Crippen LogP contribution in [0.3, 0.4) is 0 Å². The van der Waals surface area contributed by atoms with Crippen LogP contribution in [0.4, 0.5) is 13.2 Å². The zero-order valence-corrected chi connectivity index (χ0v) is 19.2. The monoisotopic (exact) mass is 519 g/mol. The largest absolute Gasteiger partial charge is 0.573 e. The third-order valence-corrected chi connectivity index (χ3v) is 6.78. The van der Waals surface area contributed by atoms with Crippen LogP contribution in [-0.2, 0) is 15.1 Å². The SMILES string of the molecule is COC(=O)C1C(c2ccccc2)C2(c3ccc(OC(F)(F)F)cc3)Oc3cc(Cl)cnc3C(=O)C12O. The van der Waals surface area contributed by atoms with Crippen molar-refractivity contribution in [1.29, 1.82) is 0 Å². The molecular formula is C25H17ClF3NO6. The number of carbonyl (C=O) groups is 2. The van der Waals surface area contributed by atoms with E-state index in [1.165, 1.54) is 24.4 Å². The topological polar surface area (TPSA) is 95.0 Å². The van der Waals surface area contributed by atoms with Crippen molar-refractivity contribution in [3.63, 3.8) is 0 Å². The Labute approximate surface area is 207 Å². The minimum absolute atomic E-state index is 0.0444. The number of esters is 1. The van der Waals surface area contributed by atoms with Gasteiger partial charge in [0.05, 0.1) is 12.1 Å². The molecule has 0 radical (unpaired) electrons. The summed E-state index contributed by atoms with van der Waals surface area (Å²) in [5.74, 6) is -4.71. The Bertz CT molecular complexity index is 1350. The van der Waals surface area contributed by atoms with Crippen LogP contribution in [0.15, 0.2) is 66.9 Å². The van der Waals surface area contributed by atoms with Crippen LogP contribution in [0.2, 0.25) is 5.02 Å². The highest BCUT2D eigenvalue weighted by atomic mass is 35.5. The van der Waals surface area contributed by atoms with Crippen LogP contribution >= 0.6 is 11.6 Å². The van der Waals surface area contributed by atoms with Gasteiger partial charge in [0, 0.05) is 18.2 Å². The number of aliphatic hydroxyl groups is 1.